The van der Waals surface area contributed by atoms with Gasteiger partial charge in [0.2, 0.25) is 0 Å². The number of nitrogens with one attached hydrogen (secondary N) is 2. The first-order chi connectivity index (χ1) is 9.03. The maximum atomic E-state index is 12.3. The zero-order valence-electron chi connectivity index (χ0n) is 9.92. The lowest BCUT2D eigenvalue weighted by atomic mass is 10.4. The second kappa shape index (κ2) is 5.57. The smallest absolute Gasteiger partial charge is 0.265 e. The third-order valence-electron chi connectivity index (χ3n) is 2.14. The van der Waals surface area contributed by atoms with E-state index in [-0.39, 0.29) is 16.4 Å². The fraction of sp³-hybridized carbons (Fsp3) is 0.200. The van der Waals surface area contributed by atoms with Crippen LogP contribution in [0.5, 0.6) is 0 Å². The molecule has 19 heavy (non-hydrogen) atoms. The number of halogens is 1. The van der Waals surface area contributed by atoms with Crippen molar-refractivity contribution in [3.63, 3.8) is 0 Å². The summed E-state index contributed by atoms with van der Waals surface area (Å²) in [6.07, 6.45) is 4.00. The normalized spacial score (nSPS) is 11.3. The van der Waals surface area contributed by atoms with Gasteiger partial charge in [0.1, 0.15) is 22.7 Å². The van der Waals surface area contributed by atoms with E-state index in [1.165, 1.54) is 24.7 Å². The van der Waals surface area contributed by atoms with Gasteiger partial charge in [0, 0.05) is 17.2 Å². The molecule has 0 aliphatic heterocycles. The first kappa shape index (κ1) is 13.8. The van der Waals surface area contributed by atoms with Crippen LogP contribution >= 0.6 is 15.9 Å². The summed E-state index contributed by atoms with van der Waals surface area (Å²) in [6, 6.07) is 1.47. The Balaban J connectivity index is 2.41. The maximum absolute atomic E-state index is 12.3. The Morgan fingerprint density at radius 3 is 2.84 bits per heavy atom. The first-order valence-corrected chi connectivity index (χ1v) is 7.62. The van der Waals surface area contributed by atoms with Crippen LogP contribution in [-0.4, -0.2) is 25.1 Å². The molecule has 0 aliphatic rings. The predicted molar refractivity (Wildman–Crippen MR) is 73.4 cm³/mol. The van der Waals surface area contributed by atoms with E-state index in [2.05, 4.69) is 40.6 Å². The van der Waals surface area contributed by atoms with E-state index in [0.717, 1.165) is 0 Å². The lowest BCUT2D eigenvalue weighted by molar-refractivity contribution is 0.420. The number of rotatable bonds is 5. The molecule has 102 valence electrons. The number of hydrogen-bond donors (Lipinski definition) is 2. The number of anilines is 2. The van der Waals surface area contributed by atoms with Crippen molar-refractivity contribution in [1.29, 1.82) is 0 Å². The van der Waals surface area contributed by atoms with Gasteiger partial charge in [-0.05, 0) is 28.9 Å². The SMILES string of the molecule is CCNc1ncc(Br)cc1S(=O)(=O)Nc1cnoc1. The van der Waals surface area contributed by atoms with Crippen LogP contribution in [0.25, 0.3) is 0 Å². The van der Waals surface area contributed by atoms with Gasteiger partial charge in [0.25, 0.3) is 10.0 Å². The van der Waals surface area contributed by atoms with Crippen molar-refractivity contribution >= 4 is 37.5 Å². The van der Waals surface area contributed by atoms with Crippen molar-refractivity contribution in [3.8, 4) is 0 Å². The van der Waals surface area contributed by atoms with E-state index >= 15 is 0 Å². The Bertz CT molecular complexity index is 657. The van der Waals surface area contributed by atoms with Gasteiger partial charge in [0.15, 0.2) is 0 Å². The Kier molecular flexibility index (Phi) is 4.05. The molecular weight excluding hydrogens is 336 g/mol. The minimum absolute atomic E-state index is 0.0462. The summed E-state index contributed by atoms with van der Waals surface area (Å²) in [5.41, 5.74) is 0.252. The Morgan fingerprint density at radius 1 is 1.42 bits per heavy atom. The summed E-state index contributed by atoms with van der Waals surface area (Å²) in [5.74, 6) is 0.287. The van der Waals surface area contributed by atoms with Gasteiger partial charge in [-0.15, -0.1) is 0 Å². The molecule has 0 unspecified atom stereocenters. The third kappa shape index (κ3) is 3.24. The summed E-state index contributed by atoms with van der Waals surface area (Å²) in [4.78, 5) is 4.09. The lowest BCUT2D eigenvalue weighted by Crippen LogP contribution is -2.16. The van der Waals surface area contributed by atoms with Gasteiger partial charge >= 0.3 is 0 Å². The molecule has 2 rings (SSSR count). The zero-order chi connectivity index (χ0) is 13.9. The van der Waals surface area contributed by atoms with E-state index in [1.807, 2.05) is 6.92 Å². The summed E-state index contributed by atoms with van der Waals surface area (Å²) >= 11 is 3.20. The molecule has 9 heteroatoms. The molecule has 0 bridgehead atoms. The molecule has 0 spiro atoms. The molecule has 0 aromatic carbocycles. The van der Waals surface area contributed by atoms with E-state index in [0.29, 0.717) is 11.0 Å². The summed E-state index contributed by atoms with van der Waals surface area (Å²) in [6.45, 7) is 2.41. The fourth-order valence-electron chi connectivity index (χ4n) is 1.39. The van der Waals surface area contributed by atoms with Crippen molar-refractivity contribution in [3.05, 3.63) is 29.2 Å². The highest BCUT2D eigenvalue weighted by atomic mass is 79.9. The minimum Gasteiger partial charge on any atom is -0.369 e. The zero-order valence-corrected chi connectivity index (χ0v) is 12.3. The molecule has 0 atom stereocenters. The van der Waals surface area contributed by atoms with Gasteiger partial charge < -0.3 is 9.84 Å². The average Bonchev–Trinajstić information content (AvgIpc) is 2.83. The highest BCUT2D eigenvalue weighted by Crippen LogP contribution is 2.24. The summed E-state index contributed by atoms with van der Waals surface area (Å²) in [7, 11) is -3.76. The second-order valence-electron chi connectivity index (χ2n) is 3.55. The van der Waals surface area contributed by atoms with Crippen LogP contribution in [0.3, 0.4) is 0 Å². The number of nitrogens with zero attached hydrogens (tertiary/aromatic N) is 2. The number of sulfonamides is 1. The third-order valence-corrected chi connectivity index (χ3v) is 3.97. The van der Waals surface area contributed by atoms with Gasteiger partial charge in [0.05, 0.1) is 6.20 Å². The van der Waals surface area contributed by atoms with Gasteiger partial charge in [-0.1, -0.05) is 5.16 Å². The van der Waals surface area contributed by atoms with Crippen LogP contribution < -0.4 is 10.0 Å². The molecule has 2 heterocycles. The highest BCUT2D eigenvalue weighted by Gasteiger charge is 2.21. The predicted octanol–water partition coefficient (Wildman–Crippen LogP) is 2.06. The van der Waals surface area contributed by atoms with Crippen LogP contribution in [0, 0.1) is 0 Å². The van der Waals surface area contributed by atoms with Gasteiger partial charge in [-0.2, -0.15) is 0 Å². The Labute approximate surface area is 118 Å². The molecule has 0 saturated heterocycles. The lowest BCUT2D eigenvalue weighted by Gasteiger charge is -2.11. The van der Waals surface area contributed by atoms with Crippen molar-refractivity contribution in [2.24, 2.45) is 0 Å². The molecule has 2 aromatic rings. The molecule has 0 fully saturated rings. The van der Waals surface area contributed by atoms with Crippen LogP contribution in [0.4, 0.5) is 11.5 Å². The van der Waals surface area contributed by atoms with Gasteiger partial charge in [-0.3, -0.25) is 4.72 Å². The largest absolute Gasteiger partial charge is 0.369 e. The number of aromatic nitrogens is 2. The highest BCUT2D eigenvalue weighted by molar-refractivity contribution is 9.10. The standard InChI is InChI=1S/C10H11BrN4O3S/c1-2-12-10-9(3-7(11)4-13-10)19(16,17)15-8-5-14-18-6-8/h3-6,15H,2H2,1H3,(H,12,13). The molecule has 0 saturated carbocycles. The monoisotopic (exact) mass is 346 g/mol. The van der Waals surface area contributed by atoms with Crippen LogP contribution in [0.2, 0.25) is 0 Å². The van der Waals surface area contributed by atoms with Crippen molar-refractivity contribution < 1.29 is 12.9 Å². The summed E-state index contributed by atoms with van der Waals surface area (Å²) < 4.78 is 32.0. The van der Waals surface area contributed by atoms with Crippen molar-refractivity contribution in [2.75, 3.05) is 16.6 Å². The second-order valence-corrected chi connectivity index (χ2v) is 6.12. The quantitative estimate of drug-likeness (QED) is 0.859. The first-order valence-electron chi connectivity index (χ1n) is 5.34. The molecule has 2 aromatic heterocycles. The average molecular weight is 347 g/mol. The topological polar surface area (TPSA) is 97.1 Å². The number of hydrogen-bond acceptors (Lipinski definition) is 6. The molecule has 0 radical (unpaired) electrons. The Hall–Kier alpha value is -1.61. The van der Waals surface area contributed by atoms with Crippen LogP contribution in [0.15, 0.2) is 38.6 Å². The molecule has 0 aliphatic carbocycles. The van der Waals surface area contributed by atoms with E-state index in [9.17, 15) is 8.42 Å². The van der Waals surface area contributed by atoms with E-state index < -0.39 is 10.0 Å². The van der Waals surface area contributed by atoms with E-state index in [1.54, 1.807) is 0 Å². The van der Waals surface area contributed by atoms with E-state index in [4.69, 9.17) is 0 Å². The summed E-state index contributed by atoms with van der Waals surface area (Å²) in [5, 5.41) is 6.33. The fourth-order valence-corrected chi connectivity index (χ4v) is 3.06. The Morgan fingerprint density at radius 2 is 2.21 bits per heavy atom. The van der Waals surface area contributed by atoms with Crippen molar-refractivity contribution in [1.82, 2.24) is 10.1 Å². The molecular formula is C10H11BrN4O3S. The van der Waals surface area contributed by atoms with Crippen LogP contribution in [0.1, 0.15) is 6.92 Å². The minimum atomic E-state index is -3.76. The number of pyridine rings is 1. The van der Waals surface area contributed by atoms with Crippen molar-refractivity contribution in [2.45, 2.75) is 11.8 Å². The molecule has 2 N–H and O–H groups in total. The van der Waals surface area contributed by atoms with Gasteiger partial charge in [-0.25, -0.2) is 13.4 Å². The molecule has 0 amide bonds. The van der Waals surface area contributed by atoms with Crippen LogP contribution in [-0.2, 0) is 10.0 Å². The maximum Gasteiger partial charge on any atom is 0.265 e. The molecule has 7 nitrogen and oxygen atoms in total.